The second-order valence-electron chi connectivity index (χ2n) is 2.55. The van der Waals surface area contributed by atoms with Crippen molar-refractivity contribution < 1.29 is 9.28 Å². The van der Waals surface area contributed by atoms with Crippen LogP contribution in [0.5, 0.6) is 0 Å². The molecule has 1 rings (SSSR count). The number of carbonyl (C=O) groups excluding carboxylic acids is 1. The SMILES string of the molecule is CC(=O)N(F)CCc1cnccn1. The zero-order valence-electron chi connectivity index (χ0n) is 7.27. The van der Waals surface area contributed by atoms with Crippen molar-refractivity contribution in [3.05, 3.63) is 24.3 Å². The third kappa shape index (κ3) is 3.14. The van der Waals surface area contributed by atoms with Gasteiger partial charge in [-0.25, -0.2) is 0 Å². The van der Waals surface area contributed by atoms with E-state index >= 15 is 0 Å². The molecule has 0 aliphatic heterocycles. The van der Waals surface area contributed by atoms with Crippen molar-refractivity contribution in [2.45, 2.75) is 13.3 Å². The Morgan fingerprint density at radius 3 is 2.92 bits per heavy atom. The highest BCUT2D eigenvalue weighted by Crippen LogP contribution is 1.96. The van der Waals surface area contributed by atoms with Crippen molar-refractivity contribution in [3.8, 4) is 0 Å². The van der Waals surface area contributed by atoms with Crippen LogP contribution in [0.25, 0.3) is 0 Å². The molecule has 0 unspecified atom stereocenters. The maximum absolute atomic E-state index is 12.6. The first-order valence-corrected chi connectivity index (χ1v) is 3.89. The molecule has 70 valence electrons. The summed E-state index contributed by atoms with van der Waals surface area (Å²) in [5, 5.41) is 0.161. The van der Waals surface area contributed by atoms with Gasteiger partial charge in [0.1, 0.15) is 0 Å². The summed E-state index contributed by atoms with van der Waals surface area (Å²) in [5.41, 5.74) is 0.673. The van der Waals surface area contributed by atoms with Gasteiger partial charge in [-0.2, -0.15) is 5.12 Å². The zero-order valence-corrected chi connectivity index (χ0v) is 7.27. The van der Waals surface area contributed by atoms with Crippen molar-refractivity contribution in [2.24, 2.45) is 0 Å². The Labute approximate surface area is 75.4 Å². The van der Waals surface area contributed by atoms with Crippen LogP contribution in [0.1, 0.15) is 12.6 Å². The smallest absolute Gasteiger partial charge is 0.247 e. The minimum atomic E-state index is -0.594. The van der Waals surface area contributed by atoms with Crippen LogP contribution in [0, 0.1) is 0 Å². The van der Waals surface area contributed by atoms with E-state index in [0.717, 1.165) is 0 Å². The zero-order chi connectivity index (χ0) is 9.68. The minimum Gasteiger partial charge on any atom is -0.273 e. The Morgan fingerprint density at radius 1 is 1.62 bits per heavy atom. The van der Waals surface area contributed by atoms with Gasteiger partial charge in [0, 0.05) is 31.9 Å². The maximum atomic E-state index is 12.6. The number of hydrogen-bond donors (Lipinski definition) is 0. The third-order valence-corrected chi connectivity index (χ3v) is 1.52. The lowest BCUT2D eigenvalue weighted by Gasteiger charge is -2.07. The van der Waals surface area contributed by atoms with E-state index in [1.165, 1.54) is 13.1 Å². The molecule has 0 N–H and O–H groups in total. The molecule has 0 aliphatic rings. The number of nitrogens with zero attached hydrogens (tertiary/aromatic N) is 3. The average Bonchev–Trinajstić information content (AvgIpc) is 2.15. The summed E-state index contributed by atoms with van der Waals surface area (Å²) < 4.78 is 12.6. The van der Waals surface area contributed by atoms with Gasteiger partial charge in [0.25, 0.3) is 0 Å². The van der Waals surface area contributed by atoms with Crippen molar-refractivity contribution in [1.82, 2.24) is 15.1 Å². The Hall–Kier alpha value is -1.52. The topological polar surface area (TPSA) is 46.1 Å². The highest BCUT2D eigenvalue weighted by Gasteiger charge is 2.06. The van der Waals surface area contributed by atoms with Crippen LogP contribution in [-0.4, -0.2) is 27.5 Å². The van der Waals surface area contributed by atoms with Gasteiger partial charge in [-0.15, -0.1) is 0 Å². The van der Waals surface area contributed by atoms with Crippen LogP contribution in [0.2, 0.25) is 0 Å². The first kappa shape index (κ1) is 9.57. The Bertz CT molecular complexity index is 278. The van der Waals surface area contributed by atoms with Crippen LogP contribution >= 0.6 is 0 Å². The average molecular weight is 183 g/mol. The fourth-order valence-corrected chi connectivity index (χ4v) is 0.829. The minimum absolute atomic E-state index is 0.0219. The fourth-order valence-electron chi connectivity index (χ4n) is 0.829. The van der Waals surface area contributed by atoms with Crippen LogP contribution in [-0.2, 0) is 11.2 Å². The van der Waals surface area contributed by atoms with Gasteiger partial charge in [-0.05, 0) is 0 Å². The van der Waals surface area contributed by atoms with Crippen molar-refractivity contribution in [2.75, 3.05) is 6.54 Å². The Balaban J connectivity index is 2.39. The molecule has 1 heterocycles. The molecular weight excluding hydrogens is 173 g/mol. The number of hydrogen-bond acceptors (Lipinski definition) is 3. The van der Waals surface area contributed by atoms with E-state index in [1.807, 2.05) is 0 Å². The van der Waals surface area contributed by atoms with Crippen LogP contribution in [0.3, 0.4) is 0 Å². The third-order valence-electron chi connectivity index (χ3n) is 1.52. The largest absolute Gasteiger partial charge is 0.273 e. The summed E-state index contributed by atoms with van der Waals surface area (Å²) >= 11 is 0. The predicted molar refractivity (Wildman–Crippen MR) is 44.2 cm³/mol. The standard InChI is InChI=1S/C8H10FN3O/c1-7(13)12(9)5-2-8-6-10-3-4-11-8/h3-4,6H,2,5H2,1H3. The molecule has 1 aromatic rings. The quantitative estimate of drug-likeness (QED) is 0.649. The van der Waals surface area contributed by atoms with E-state index in [2.05, 4.69) is 9.97 Å². The molecule has 5 heteroatoms. The second-order valence-corrected chi connectivity index (χ2v) is 2.55. The van der Waals surface area contributed by atoms with Gasteiger partial charge in [0.15, 0.2) is 0 Å². The molecule has 0 bridgehead atoms. The molecule has 0 atom stereocenters. The predicted octanol–water partition coefficient (Wildman–Crippen LogP) is 0.752. The molecule has 4 nitrogen and oxygen atoms in total. The first-order chi connectivity index (χ1) is 6.20. The lowest BCUT2D eigenvalue weighted by Crippen LogP contribution is -2.22. The van der Waals surface area contributed by atoms with Crippen LogP contribution in [0.4, 0.5) is 4.48 Å². The van der Waals surface area contributed by atoms with Gasteiger partial charge in [-0.1, -0.05) is 4.48 Å². The monoisotopic (exact) mass is 183 g/mol. The summed E-state index contributed by atoms with van der Waals surface area (Å²) in [6.07, 6.45) is 5.01. The van der Waals surface area contributed by atoms with E-state index in [-0.39, 0.29) is 11.7 Å². The van der Waals surface area contributed by atoms with E-state index in [1.54, 1.807) is 12.4 Å². The van der Waals surface area contributed by atoms with E-state index in [0.29, 0.717) is 12.1 Å². The molecular formula is C8H10FN3O. The van der Waals surface area contributed by atoms with Crippen molar-refractivity contribution >= 4 is 5.91 Å². The molecule has 13 heavy (non-hydrogen) atoms. The van der Waals surface area contributed by atoms with E-state index in [4.69, 9.17) is 0 Å². The van der Waals surface area contributed by atoms with Gasteiger partial charge in [0.2, 0.25) is 5.91 Å². The number of amides is 1. The number of rotatable bonds is 3. The molecule has 1 aromatic heterocycles. The number of carbonyl (C=O) groups is 1. The molecule has 0 spiro atoms. The molecule has 1 amide bonds. The maximum Gasteiger partial charge on any atom is 0.247 e. The Morgan fingerprint density at radius 2 is 2.38 bits per heavy atom. The summed E-state index contributed by atoms with van der Waals surface area (Å²) in [4.78, 5) is 18.2. The molecule has 0 fully saturated rings. The van der Waals surface area contributed by atoms with Gasteiger partial charge >= 0.3 is 0 Å². The summed E-state index contributed by atoms with van der Waals surface area (Å²) in [7, 11) is 0. The van der Waals surface area contributed by atoms with Gasteiger partial charge in [-0.3, -0.25) is 14.8 Å². The highest BCUT2D eigenvalue weighted by atomic mass is 19.2. The Kier molecular flexibility index (Phi) is 3.31. The van der Waals surface area contributed by atoms with Gasteiger partial charge in [0.05, 0.1) is 12.2 Å². The summed E-state index contributed by atoms with van der Waals surface area (Å²) in [5.74, 6) is -0.594. The second kappa shape index (κ2) is 4.49. The molecule has 0 saturated heterocycles. The number of halogens is 1. The highest BCUT2D eigenvalue weighted by molar-refractivity contribution is 5.71. The summed E-state index contributed by atoms with van der Waals surface area (Å²) in [6.45, 7) is 1.20. The van der Waals surface area contributed by atoms with Crippen molar-refractivity contribution in [3.63, 3.8) is 0 Å². The van der Waals surface area contributed by atoms with Crippen LogP contribution < -0.4 is 0 Å². The fraction of sp³-hybridized carbons (Fsp3) is 0.375. The lowest BCUT2D eigenvalue weighted by molar-refractivity contribution is -0.143. The van der Waals surface area contributed by atoms with Crippen LogP contribution in [0.15, 0.2) is 18.6 Å². The van der Waals surface area contributed by atoms with Gasteiger partial charge < -0.3 is 0 Å². The van der Waals surface area contributed by atoms with E-state index < -0.39 is 5.91 Å². The molecule has 0 aromatic carbocycles. The normalized spacial score (nSPS) is 9.69. The molecule has 0 saturated carbocycles. The first-order valence-electron chi connectivity index (χ1n) is 3.89. The van der Waals surface area contributed by atoms with E-state index in [9.17, 15) is 9.28 Å². The summed E-state index contributed by atoms with van der Waals surface area (Å²) in [6, 6.07) is 0. The van der Waals surface area contributed by atoms with Crippen molar-refractivity contribution in [1.29, 1.82) is 0 Å². The lowest BCUT2D eigenvalue weighted by atomic mass is 10.3. The molecule has 0 radical (unpaired) electrons. The number of aromatic nitrogens is 2. The molecule has 0 aliphatic carbocycles.